The van der Waals surface area contributed by atoms with Crippen LogP contribution < -0.4 is 10.5 Å². The lowest BCUT2D eigenvalue weighted by atomic mass is 10.1. The molecule has 134 valence electrons. The van der Waals surface area contributed by atoms with Crippen molar-refractivity contribution in [1.82, 2.24) is 19.5 Å². The van der Waals surface area contributed by atoms with Gasteiger partial charge in [0.25, 0.3) is 0 Å². The number of imidazole rings is 1. The number of fused-ring (bicyclic) bond motifs is 1. The van der Waals surface area contributed by atoms with Gasteiger partial charge in [0.15, 0.2) is 29.6 Å². The molecule has 8 nitrogen and oxygen atoms in total. The third-order valence-corrected chi connectivity index (χ3v) is 3.96. The topological polar surface area (TPSA) is 113 Å². The van der Waals surface area contributed by atoms with Gasteiger partial charge >= 0.3 is 6.01 Å². The van der Waals surface area contributed by atoms with E-state index in [1.165, 1.54) is 0 Å². The number of aromatic nitrogens is 4. The molecule has 3 aromatic rings. The highest BCUT2D eigenvalue weighted by Crippen LogP contribution is 2.21. The van der Waals surface area contributed by atoms with Gasteiger partial charge in [-0.05, 0) is 18.1 Å². The van der Waals surface area contributed by atoms with Crippen molar-refractivity contribution < 1.29 is 14.3 Å². The van der Waals surface area contributed by atoms with Crippen LogP contribution in [0.3, 0.4) is 0 Å². The Balaban J connectivity index is 1.92. The molecule has 0 saturated carbocycles. The van der Waals surface area contributed by atoms with Crippen molar-refractivity contribution in [3.05, 3.63) is 41.2 Å². The van der Waals surface area contributed by atoms with E-state index in [9.17, 15) is 9.59 Å². The summed E-state index contributed by atoms with van der Waals surface area (Å²) in [6.07, 6.45) is 4.84. The number of aldehydes is 2. The quantitative estimate of drug-likeness (QED) is 0.488. The maximum absolute atomic E-state index is 11.1. The Kier molecular flexibility index (Phi) is 5.21. The minimum atomic E-state index is 0.218. The average molecular weight is 353 g/mol. The maximum Gasteiger partial charge on any atom is 0.320 e. The molecule has 0 aliphatic rings. The molecule has 0 bridgehead atoms. The monoisotopic (exact) mass is 353 g/mol. The number of ether oxygens (including phenoxy) is 1. The van der Waals surface area contributed by atoms with Gasteiger partial charge in [0.2, 0.25) is 0 Å². The zero-order chi connectivity index (χ0) is 18.5. The van der Waals surface area contributed by atoms with E-state index < -0.39 is 0 Å². The van der Waals surface area contributed by atoms with Crippen molar-refractivity contribution in [1.29, 1.82) is 0 Å². The third kappa shape index (κ3) is 3.53. The van der Waals surface area contributed by atoms with Crippen molar-refractivity contribution in [2.45, 2.75) is 26.3 Å². The molecule has 0 amide bonds. The lowest BCUT2D eigenvalue weighted by Gasteiger charge is -2.08. The summed E-state index contributed by atoms with van der Waals surface area (Å²) in [5, 5.41) is 0. The number of nitrogens with zero attached hydrogens (tertiary/aromatic N) is 4. The number of nitrogens with two attached hydrogens (primary N) is 1. The Labute approximate surface area is 150 Å². The molecule has 8 heteroatoms. The molecule has 0 atom stereocenters. The summed E-state index contributed by atoms with van der Waals surface area (Å²) >= 11 is 0. The van der Waals surface area contributed by atoms with E-state index in [0.29, 0.717) is 48.0 Å². The number of carbonyl (C=O) groups is 2. The third-order valence-electron chi connectivity index (χ3n) is 3.96. The highest BCUT2D eigenvalue weighted by molar-refractivity contribution is 5.90. The fraction of sp³-hybridized carbons (Fsp3) is 0.278. The SMILES string of the molecule is CCCCOc1nc(N)c2ncn(Cc3ccc(C=O)c(C=O)c3)c2n1. The van der Waals surface area contributed by atoms with Gasteiger partial charge in [-0.1, -0.05) is 25.5 Å². The summed E-state index contributed by atoms with van der Waals surface area (Å²) in [4.78, 5) is 34.9. The van der Waals surface area contributed by atoms with Gasteiger partial charge in [-0.15, -0.1) is 0 Å². The molecule has 1 aromatic carbocycles. The van der Waals surface area contributed by atoms with E-state index in [1.54, 1.807) is 29.1 Å². The van der Waals surface area contributed by atoms with Crippen LogP contribution >= 0.6 is 0 Å². The first kappa shape index (κ1) is 17.5. The number of carbonyl (C=O) groups excluding carboxylic acids is 2. The van der Waals surface area contributed by atoms with Gasteiger partial charge in [-0.3, -0.25) is 9.59 Å². The number of hydrogen-bond acceptors (Lipinski definition) is 7. The first-order chi connectivity index (χ1) is 12.7. The largest absolute Gasteiger partial charge is 0.463 e. The molecule has 0 fully saturated rings. The Bertz CT molecular complexity index is 951. The fourth-order valence-corrected chi connectivity index (χ4v) is 2.56. The standard InChI is InChI=1S/C18H19N5O3/c1-2-3-6-26-18-21-16(19)15-17(22-18)23(11-20-15)8-12-4-5-13(9-24)14(7-12)10-25/h4-5,7,9-11H,2-3,6,8H2,1H3,(H2,19,21,22). The van der Waals surface area contributed by atoms with E-state index in [-0.39, 0.29) is 11.8 Å². The van der Waals surface area contributed by atoms with Crippen LogP contribution in [0.4, 0.5) is 5.82 Å². The van der Waals surface area contributed by atoms with Crippen LogP contribution in [0.1, 0.15) is 46.0 Å². The van der Waals surface area contributed by atoms with Crippen LogP contribution in [0.15, 0.2) is 24.5 Å². The molecule has 0 aliphatic heterocycles. The highest BCUT2D eigenvalue weighted by Gasteiger charge is 2.13. The molecular formula is C18H19N5O3. The van der Waals surface area contributed by atoms with E-state index in [1.807, 2.05) is 0 Å². The molecule has 0 radical (unpaired) electrons. The minimum Gasteiger partial charge on any atom is -0.463 e. The van der Waals surface area contributed by atoms with Gasteiger partial charge in [0.05, 0.1) is 19.5 Å². The van der Waals surface area contributed by atoms with Gasteiger partial charge in [0.1, 0.15) is 0 Å². The molecule has 0 spiro atoms. The van der Waals surface area contributed by atoms with Gasteiger partial charge < -0.3 is 15.0 Å². The molecule has 0 unspecified atom stereocenters. The number of hydrogen-bond donors (Lipinski definition) is 1. The molecule has 0 saturated heterocycles. The number of unbranched alkanes of at least 4 members (excludes halogenated alkanes) is 1. The van der Waals surface area contributed by atoms with Crippen molar-refractivity contribution in [3.63, 3.8) is 0 Å². The molecule has 2 heterocycles. The molecule has 3 rings (SSSR count). The zero-order valence-corrected chi connectivity index (χ0v) is 14.4. The highest BCUT2D eigenvalue weighted by atomic mass is 16.5. The lowest BCUT2D eigenvalue weighted by Crippen LogP contribution is -2.06. The predicted molar refractivity (Wildman–Crippen MR) is 96.5 cm³/mol. The second kappa shape index (κ2) is 7.73. The first-order valence-corrected chi connectivity index (χ1v) is 8.30. The van der Waals surface area contributed by atoms with Crippen molar-refractivity contribution in [3.8, 4) is 6.01 Å². The summed E-state index contributed by atoms with van der Waals surface area (Å²) in [6.45, 7) is 3.01. The lowest BCUT2D eigenvalue weighted by molar-refractivity contribution is 0.109. The minimum absolute atomic E-state index is 0.218. The number of rotatable bonds is 8. The summed E-state index contributed by atoms with van der Waals surface area (Å²) in [6, 6.07) is 5.29. The smallest absolute Gasteiger partial charge is 0.320 e. The maximum atomic E-state index is 11.1. The summed E-state index contributed by atoms with van der Waals surface area (Å²) in [5.74, 6) is 0.255. The first-order valence-electron chi connectivity index (χ1n) is 8.30. The van der Waals surface area contributed by atoms with Crippen LogP contribution in [0.2, 0.25) is 0 Å². The Morgan fingerprint density at radius 3 is 2.73 bits per heavy atom. The van der Waals surface area contributed by atoms with Crippen molar-refractivity contribution in [2.24, 2.45) is 0 Å². The van der Waals surface area contributed by atoms with E-state index in [4.69, 9.17) is 10.5 Å². The Morgan fingerprint density at radius 2 is 2.00 bits per heavy atom. The number of benzene rings is 1. The van der Waals surface area contributed by atoms with E-state index in [2.05, 4.69) is 21.9 Å². The second-order valence-electron chi connectivity index (χ2n) is 5.84. The predicted octanol–water partition coefficient (Wildman–Crippen LogP) is 2.26. The van der Waals surface area contributed by atoms with E-state index in [0.717, 1.165) is 18.4 Å². The van der Waals surface area contributed by atoms with E-state index >= 15 is 0 Å². The second-order valence-corrected chi connectivity index (χ2v) is 5.84. The molecule has 2 aromatic heterocycles. The molecule has 0 aliphatic carbocycles. The summed E-state index contributed by atoms with van der Waals surface area (Å²) in [7, 11) is 0. The number of nitrogen functional groups attached to an aromatic ring is 1. The van der Waals surface area contributed by atoms with Crippen LogP contribution in [0.5, 0.6) is 6.01 Å². The Morgan fingerprint density at radius 1 is 1.19 bits per heavy atom. The van der Waals surface area contributed by atoms with Crippen molar-refractivity contribution in [2.75, 3.05) is 12.3 Å². The van der Waals surface area contributed by atoms with Crippen LogP contribution in [0, 0.1) is 0 Å². The van der Waals surface area contributed by atoms with Gasteiger partial charge in [0, 0.05) is 11.1 Å². The fourth-order valence-electron chi connectivity index (χ4n) is 2.56. The average Bonchev–Trinajstić information content (AvgIpc) is 3.05. The van der Waals surface area contributed by atoms with Crippen molar-refractivity contribution >= 4 is 29.6 Å². The molecule has 2 N–H and O–H groups in total. The molecule has 26 heavy (non-hydrogen) atoms. The van der Waals surface area contributed by atoms with Gasteiger partial charge in [-0.25, -0.2) is 4.98 Å². The van der Waals surface area contributed by atoms with Crippen LogP contribution in [-0.4, -0.2) is 38.7 Å². The number of anilines is 1. The zero-order valence-electron chi connectivity index (χ0n) is 14.4. The Hall–Kier alpha value is -3.29. The van der Waals surface area contributed by atoms with Crippen LogP contribution in [-0.2, 0) is 6.54 Å². The van der Waals surface area contributed by atoms with Gasteiger partial charge in [-0.2, -0.15) is 9.97 Å². The van der Waals surface area contributed by atoms with Crippen LogP contribution in [0.25, 0.3) is 11.2 Å². The normalized spacial score (nSPS) is 10.8. The summed E-state index contributed by atoms with van der Waals surface area (Å²) in [5.41, 5.74) is 8.55. The molecular weight excluding hydrogens is 334 g/mol. The summed E-state index contributed by atoms with van der Waals surface area (Å²) < 4.78 is 7.34.